The van der Waals surface area contributed by atoms with Gasteiger partial charge in [-0.15, -0.1) is 0 Å². The van der Waals surface area contributed by atoms with E-state index in [1.807, 2.05) is 0 Å². The van der Waals surface area contributed by atoms with Crippen molar-refractivity contribution in [1.82, 2.24) is 0 Å². The molecule has 0 aliphatic rings. The molecule has 0 N–H and O–H groups in total. The summed E-state index contributed by atoms with van der Waals surface area (Å²) in [6, 6.07) is 30.6. The molecule has 0 radical (unpaired) electrons. The number of rotatable bonds is 10. The molecule has 0 saturated carbocycles. The van der Waals surface area contributed by atoms with Gasteiger partial charge in [0, 0.05) is 0 Å². The molecule has 4 aromatic carbocycles. The molecule has 0 unspecified atom stereocenters. The molecule has 212 valence electrons. The van der Waals surface area contributed by atoms with Crippen LogP contribution < -0.4 is 8.92 Å². The van der Waals surface area contributed by atoms with Crippen LogP contribution in [0.1, 0.15) is 112 Å². The van der Waals surface area contributed by atoms with E-state index in [1.54, 1.807) is 0 Å². The summed E-state index contributed by atoms with van der Waals surface area (Å²) < 4.78 is 2.64. The normalized spacial score (nSPS) is 12.2. The van der Waals surface area contributed by atoms with Crippen LogP contribution in [-0.2, 0) is 0 Å². The van der Waals surface area contributed by atoms with E-state index >= 15 is 0 Å². The van der Waals surface area contributed by atoms with Crippen LogP contribution in [0.4, 0.5) is 11.4 Å². The van der Waals surface area contributed by atoms with Crippen molar-refractivity contribution < 1.29 is 0 Å². The molecule has 0 atom stereocenters. The molecule has 2 nitrogen and oxygen atoms in total. The molecule has 0 aliphatic carbocycles. The van der Waals surface area contributed by atoms with Gasteiger partial charge in [0.25, 0.3) is 0 Å². The summed E-state index contributed by atoms with van der Waals surface area (Å²) in [5.41, 5.74) is 9.83. The number of para-hydroxylation sites is 2. The van der Waals surface area contributed by atoms with Crippen molar-refractivity contribution in [1.29, 1.82) is 0 Å². The van der Waals surface area contributed by atoms with Crippen LogP contribution in [0.5, 0.6) is 0 Å². The van der Waals surface area contributed by atoms with Gasteiger partial charge in [0.15, 0.2) is 0 Å². The molecular weight excluding hydrogens is 563 g/mol. The van der Waals surface area contributed by atoms with Gasteiger partial charge in [0.1, 0.15) is 0 Å². The minimum absolute atomic E-state index is 0.0993. The van der Waals surface area contributed by atoms with Crippen LogP contribution in [0.3, 0.4) is 0 Å². The van der Waals surface area contributed by atoms with Crippen molar-refractivity contribution in [2.24, 2.45) is 9.98 Å². The molecular formula is C38H44N2Se. The first-order valence-electron chi connectivity index (χ1n) is 14.9. The van der Waals surface area contributed by atoms with E-state index in [9.17, 15) is 0 Å². The Morgan fingerprint density at radius 2 is 0.756 bits per heavy atom. The zero-order chi connectivity index (χ0) is 29.5. The third-order valence-corrected chi connectivity index (χ3v) is 9.89. The van der Waals surface area contributed by atoms with E-state index in [2.05, 4.69) is 153 Å². The van der Waals surface area contributed by atoms with E-state index in [0.29, 0.717) is 23.7 Å². The quantitative estimate of drug-likeness (QED) is 0.127. The van der Waals surface area contributed by atoms with Crippen LogP contribution >= 0.6 is 0 Å². The molecule has 4 aromatic rings. The van der Waals surface area contributed by atoms with Gasteiger partial charge in [-0.3, -0.25) is 0 Å². The first-order chi connectivity index (χ1) is 19.7. The van der Waals surface area contributed by atoms with Crippen LogP contribution in [-0.4, -0.2) is 27.4 Å². The van der Waals surface area contributed by atoms with Crippen molar-refractivity contribution in [3.63, 3.8) is 0 Å². The molecule has 0 heterocycles. The number of aliphatic imine (C=N–C) groups is 2. The predicted octanol–water partition coefficient (Wildman–Crippen LogP) is 9.34. The van der Waals surface area contributed by atoms with Crippen LogP contribution in [0.15, 0.2) is 94.9 Å². The number of hydrogen-bond acceptors (Lipinski definition) is 2. The fraction of sp³-hybridized carbons (Fsp3) is 0.316. The minimum atomic E-state index is 0.0993. The Bertz CT molecular complexity index is 1360. The standard InChI is InChI=1S/C38H44N2Se/c1-25(2)31-17-13-18-32(26(3)4)37(31)39-23-29-15-9-11-21-35(29)41-36-22-12-10-16-30(36)24-40-38-33(27(5)6)19-14-20-34(38)28(7)8/h9-28H,1-8H3. The van der Waals surface area contributed by atoms with Crippen molar-refractivity contribution >= 4 is 47.7 Å². The van der Waals surface area contributed by atoms with Crippen molar-refractivity contribution in [2.45, 2.75) is 79.1 Å². The van der Waals surface area contributed by atoms with Crippen LogP contribution in [0.25, 0.3) is 0 Å². The van der Waals surface area contributed by atoms with Gasteiger partial charge in [0.05, 0.1) is 0 Å². The van der Waals surface area contributed by atoms with E-state index in [0.717, 1.165) is 11.4 Å². The Hall–Kier alpha value is -3.26. The van der Waals surface area contributed by atoms with Crippen molar-refractivity contribution in [3.05, 3.63) is 118 Å². The van der Waals surface area contributed by atoms with Gasteiger partial charge in [-0.1, -0.05) is 0 Å². The fourth-order valence-electron chi connectivity index (χ4n) is 5.07. The summed E-state index contributed by atoms with van der Waals surface area (Å²) in [4.78, 5) is 10.3. The molecule has 4 rings (SSSR count). The molecule has 0 fully saturated rings. The summed E-state index contributed by atoms with van der Waals surface area (Å²) in [6.07, 6.45) is 4.16. The Kier molecular flexibility index (Phi) is 10.5. The Morgan fingerprint density at radius 3 is 1.07 bits per heavy atom. The Balaban J connectivity index is 1.70. The fourth-order valence-corrected chi connectivity index (χ4v) is 7.18. The van der Waals surface area contributed by atoms with Gasteiger partial charge in [-0.2, -0.15) is 0 Å². The van der Waals surface area contributed by atoms with Crippen LogP contribution in [0.2, 0.25) is 0 Å². The second kappa shape index (κ2) is 14.1. The van der Waals surface area contributed by atoms with Gasteiger partial charge in [-0.05, 0) is 0 Å². The second-order valence-electron chi connectivity index (χ2n) is 11.9. The second-order valence-corrected chi connectivity index (χ2v) is 14.2. The average molecular weight is 608 g/mol. The first-order valence-corrected chi connectivity index (χ1v) is 16.6. The summed E-state index contributed by atoms with van der Waals surface area (Å²) in [5.74, 6) is 1.68. The molecule has 0 aromatic heterocycles. The summed E-state index contributed by atoms with van der Waals surface area (Å²) in [6.45, 7) is 18.0. The first kappa shape index (κ1) is 30.7. The third-order valence-electron chi connectivity index (χ3n) is 7.41. The third kappa shape index (κ3) is 7.53. The molecule has 3 heteroatoms. The Labute approximate surface area is 254 Å². The molecule has 0 amide bonds. The summed E-state index contributed by atoms with van der Waals surface area (Å²) >= 11 is 0.0993. The van der Waals surface area contributed by atoms with E-state index in [1.165, 1.54) is 42.3 Å². The van der Waals surface area contributed by atoms with Gasteiger partial charge < -0.3 is 0 Å². The number of benzene rings is 4. The molecule has 0 spiro atoms. The van der Waals surface area contributed by atoms with E-state index in [4.69, 9.17) is 9.98 Å². The summed E-state index contributed by atoms with van der Waals surface area (Å²) in [7, 11) is 0. The molecule has 41 heavy (non-hydrogen) atoms. The topological polar surface area (TPSA) is 24.7 Å². The van der Waals surface area contributed by atoms with E-state index in [-0.39, 0.29) is 15.0 Å². The van der Waals surface area contributed by atoms with Gasteiger partial charge in [-0.25, -0.2) is 0 Å². The zero-order valence-electron chi connectivity index (χ0n) is 25.8. The predicted molar refractivity (Wildman–Crippen MR) is 182 cm³/mol. The van der Waals surface area contributed by atoms with Crippen molar-refractivity contribution in [2.75, 3.05) is 0 Å². The molecule has 0 bridgehead atoms. The van der Waals surface area contributed by atoms with E-state index < -0.39 is 0 Å². The summed E-state index contributed by atoms with van der Waals surface area (Å²) in [5, 5.41) is 0. The SMILES string of the molecule is CC(C)c1cccc(C(C)C)c1N=Cc1ccccc1[Se]c1ccccc1C=Nc1c(C(C)C)cccc1C(C)C. The van der Waals surface area contributed by atoms with Gasteiger partial charge in [0.2, 0.25) is 0 Å². The maximum atomic E-state index is 5.13. The number of nitrogens with zero attached hydrogens (tertiary/aromatic N) is 2. The van der Waals surface area contributed by atoms with Gasteiger partial charge >= 0.3 is 255 Å². The number of hydrogen-bond donors (Lipinski definition) is 0. The maximum absolute atomic E-state index is 5.13. The van der Waals surface area contributed by atoms with Crippen LogP contribution in [0, 0.1) is 0 Å². The van der Waals surface area contributed by atoms with Crippen molar-refractivity contribution in [3.8, 4) is 0 Å². The molecule has 0 saturated heterocycles. The average Bonchev–Trinajstić information content (AvgIpc) is 2.95. The Morgan fingerprint density at radius 1 is 0.439 bits per heavy atom. The molecule has 0 aliphatic heterocycles. The zero-order valence-corrected chi connectivity index (χ0v) is 27.6. The monoisotopic (exact) mass is 608 g/mol.